The highest BCUT2D eigenvalue weighted by molar-refractivity contribution is 5.98. The highest BCUT2D eigenvalue weighted by atomic mass is 16.7. The lowest BCUT2D eigenvalue weighted by Gasteiger charge is -2.29. The quantitative estimate of drug-likeness (QED) is 0.409. The van der Waals surface area contributed by atoms with Gasteiger partial charge in [0.15, 0.2) is 6.29 Å². The van der Waals surface area contributed by atoms with E-state index < -0.39 is 11.9 Å². The molecule has 0 aliphatic carbocycles. The zero-order valence-corrected chi connectivity index (χ0v) is 14.6. The molecule has 0 spiro atoms. The van der Waals surface area contributed by atoms with Gasteiger partial charge in [-0.1, -0.05) is 5.92 Å². The van der Waals surface area contributed by atoms with Gasteiger partial charge in [0.2, 0.25) is 6.29 Å². The Morgan fingerprint density at radius 2 is 1.87 bits per heavy atom. The predicted octanol–water partition coefficient (Wildman–Crippen LogP) is 2.53. The summed E-state index contributed by atoms with van der Waals surface area (Å²) in [6, 6.07) is 0. The lowest BCUT2D eigenvalue weighted by atomic mass is 10.1. The normalized spacial score (nSPS) is 17.6. The van der Waals surface area contributed by atoms with Crippen LogP contribution in [-0.4, -0.2) is 43.8 Å². The number of hydrogen-bond donors (Lipinski definition) is 0. The summed E-state index contributed by atoms with van der Waals surface area (Å²) in [5, 5.41) is 0. The van der Waals surface area contributed by atoms with Gasteiger partial charge in [-0.3, -0.25) is 4.79 Å². The Morgan fingerprint density at radius 3 is 2.35 bits per heavy atom. The monoisotopic (exact) mass is 324 g/mol. The highest BCUT2D eigenvalue weighted by Gasteiger charge is 2.25. The Bertz CT molecular complexity index is 404. The van der Waals surface area contributed by atoms with Gasteiger partial charge in [0.05, 0.1) is 0 Å². The fourth-order valence-electron chi connectivity index (χ4n) is 1.94. The zero-order valence-electron chi connectivity index (χ0n) is 14.6. The van der Waals surface area contributed by atoms with E-state index in [1.54, 1.807) is 13.8 Å². The molecule has 1 saturated heterocycles. The van der Waals surface area contributed by atoms with Crippen LogP contribution in [-0.2, 0) is 23.7 Å². The van der Waals surface area contributed by atoms with Gasteiger partial charge in [0.1, 0.15) is 5.60 Å². The Hall–Kier alpha value is -1.37. The van der Waals surface area contributed by atoms with Crippen molar-refractivity contribution in [2.24, 2.45) is 0 Å². The van der Waals surface area contributed by atoms with E-state index >= 15 is 0 Å². The number of hydrogen-bond acceptors (Lipinski definition) is 5. The first kappa shape index (κ1) is 21.6. The van der Waals surface area contributed by atoms with Gasteiger partial charge in [-0.25, -0.2) is 0 Å². The molecule has 0 aromatic carbocycles. The lowest BCUT2D eigenvalue weighted by molar-refractivity contribution is -0.199. The maximum absolute atomic E-state index is 12.0. The molecule has 0 amide bonds. The molecule has 5 nitrogen and oxygen atoms in total. The average Bonchev–Trinajstić information content (AvgIpc) is 2.55. The fourth-order valence-corrected chi connectivity index (χ4v) is 1.94. The maximum atomic E-state index is 12.0. The molecule has 1 rings (SSSR count). The van der Waals surface area contributed by atoms with Gasteiger partial charge in [0, 0.05) is 19.8 Å². The van der Waals surface area contributed by atoms with E-state index in [1.807, 2.05) is 13.8 Å². The minimum absolute atomic E-state index is 0.243. The van der Waals surface area contributed by atoms with Gasteiger partial charge < -0.3 is 18.9 Å². The molecule has 5 heteroatoms. The molecule has 1 atom stereocenters. The molecular weight excluding hydrogens is 296 g/mol. The van der Waals surface area contributed by atoms with Crippen molar-refractivity contribution in [3.05, 3.63) is 0 Å². The van der Waals surface area contributed by atoms with Crippen molar-refractivity contribution in [1.82, 2.24) is 0 Å². The van der Waals surface area contributed by atoms with Crippen molar-refractivity contribution in [2.75, 3.05) is 19.8 Å². The van der Waals surface area contributed by atoms with Crippen LogP contribution in [0, 0.1) is 24.7 Å². The number of carbonyl (C=O) groups excluding carboxylic acids is 1. The molecule has 0 bridgehead atoms. The van der Waals surface area contributed by atoms with Crippen LogP contribution >= 0.6 is 0 Å². The third-order valence-electron chi connectivity index (χ3n) is 2.90. The van der Waals surface area contributed by atoms with Crippen LogP contribution in [0.15, 0.2) is 0 Å². The molecule has 1 fully saturated rings. The molecule has 1 heterocycles. The smallest absolute Gasteiger partial charge is 0.261 e. The summed E-state index contributed by atoms with van der Waals surface area (Å²) in [4.78, 5) is 12.0. The second-order valence-electron chi connectivity index (χ2n) is 5.28. The van der Waals surface area contributed by atoms with Gasteiger partial charge in [-0.2, -0.15) is 0 Å². The van der Waals surface area contributed by atoms with Crippen molar-refractivity contribution < 1.29 is 23.7 Å². The van der Waals surface area contributed by atoms with E-state index in [2.05, 4.69) is 24.7 Å². The summed E-state index contributed by atoms with van der Waals surface area (Å²) in [5.41, 5.74) is -0.749. The van der Waals surface area contributed by atoms with Crippen LogP contribution in [0.3, 0.4) is 0 Å². The third-order valence-corrected chi connectivity index (χ3v) is 2.90. The van der Waals surface area contributed by atoms with E-state index in [-0.39, 0.29) is 12.1 Å². The summed E-state index contributed by atoms with van der Waals surface area (Å²) in [6.45, 7) is 8.76. The molecule has 0 aromatic rings. The summed E-state index contributed by atoms with van der Waals surface area (Å²) in [7, 11) is 0. The molecular formula is C18H28O5. The summed E-state index contributed by atoms with van der Waals surface area (Å²) in [5.74, 6) is 5.02. The highest BCUT2D eigenvalue weighted by Crippen LogP contribution is 2.20. The molecule has 0 aromatic heterocycles. The summed E-state index contributed by atoms with van der Waals surface area (Å²) < 4.78 is 21.8. The number of Topliss-reactive ketones (excluding diaryl/α,β-unsaturated/α-hetero) is 1. The topological polar surface area (TPSA) is 54.0 Å². The standard InChI is InChI=1S/C16H26O5.C2H2/c1-5-18-15(19-6-2)13(17)10-11-16(3,4)21-14-9-7-8-12-20-14;1-2/h14-15H,5-9,12H2,1-4H3;1-2H. The fraction of sp³-hybridized carbons (Fsp3) is 0.722. The molecule has 0 N–H and O–H groups in total. The Morgan fingerprint density at radius 1 is 1.26 bits per heavy atom. The van der Waals surface area contributed by atoms with Crippen LogP contribution < -0.4 is 0 Å². The zero-order chi connectivity index (χ0) is 17.7. The number of ketones is 1. The molecule has 1 aliphatic heterocycles. The average molecular weight is 324 g/mol. The van der Waals surface area contributed by atoms with Crippen LogP contribution in [0.1, 0.15) is 47.0 Å². The van der Waals surface area contributed by atoms with Gasteiger partial charge in [0.25, 0.3) is 5.78 Å². The van der Waals surface area contributed by atoms with Crippen molar-refractivity contribution in [3.8, 4) is 24.7 Å². The number of rotatable bonds is 7. The van der Waals surface area contributed by atoms with Crippen molar-refractivity contribution in [1.29, 1.82) is 0 Å². The van der Waals surface area contributed by atoms with E-state index in [0.29, 0.717) is 19.8 Å². The van der Waals surface area contributed by atoms with Gasteiger partial charge in [-0.15, -0.1) is 12.8 Å². The third kappa shape index (κ3) is 9.38. The molecule has 1 aliphatic rings. The van der Waals surface area contributed by atoms with E-state index in [9.17, 15) is 4.79 Å². The van der Waals surface area contributed by atoms with E-state index in [4.69, 9.17) is 18.9 Å². The van der Waals surface area contributed by atoms with Crippen LogP contribution in [0.4, 0.5) is 0 Å². The first-order valence-electron chi connectivity index (χ1n) is 7.91. The molecule has 0 radical (unpaired) electrons. The van der Waals surface area contributed by atoms with Crippen LogP contribution in [0.5, 0.6) is 0 Å². The molecule has 23 heavy (non-hydrogen) atoms. The minimum Gasteiger partial charge on any atom is -0.353 e. The van der Waals surface area contributed by atoms with Crippen LogP contribution in [0.25, 0.3) is 0 Å². The molecule has 130 valence electrons. The predicted molar refractivity (Wildman–Crippen MR) is 88.5 cm³/mol. The second kappa shape index (κ2) is 12.1. The first-order chi connectivity index (χ1) is 11.0. The lowest BCUT2D eigenvalue weighted by Crippen LogP contribution is -2.33. The number of ether oxygens (including phenoxy) is 4. The van der Waals surface area contributed by atoms with Gasteiger partial charge in [-0.05, 0) is 52.9 Å². The summed E-state index contributed by atoms with van der Waals surface area (Å²) >= 11 is 0. The Balaban J connectivity index is 0.00000232. The first-order valence-corrected chi connectivity index (χ1v) is 7.91. The summed E-state index contributed by atoms with van der Waals surface area (Å²) in [6.07, 6.45) is 9.85. The molecule has 1 unspecified atom stereocenters. The van der Waals surface area contributed by atoms with Crippen molar-refractivity contribution in [2.45, 2.75) is 65.1 Å². The Labute approximate surface area is 140 Å². The van der Waals surface area contributed by atoms with E-state index in [0.717, 1.165) is 19.3 Å². The van der Waals surface area contributed by atoms with E-state index in [1.165, 1.54) is 0 Å². The number of carbonyl (C=O) groups is 1. The molecule has 0 saturated carbocycles. The SMILES string of the molecule is C#C.CCOC(OCC)C(=O)C#CC(C)(C)OC1CCCCO1. The van der Waals surface area contributed by atoms with Gasteiger partial charge >= 0.3 is 0 Å². The largest absolute Gasteiger partial charge is 0.353 e. The van der Waals surface area contributed by atoms with Crippen LogP contribution in [0.2, 0.25) is 0 Å². The number of terminal acetylenes is 1. The Kier molecular flexibility index (Phi) is 11.4. The second-order valence-corrected chi connectivity index (χ2v) is 5.28. The van der Waals surface area contributed by atoms with Crippen molar-refractivity contribution >= 4 is 5.78 Å². The maximum Gasteiger partial charge on any atom is 0.261 e. The minimum atomic E-state index is -0.922. The van der Waals surface area contributed by atoms with Crippen molar-refractivity contribution in [3.63, 3.8) is 0 Å².